The largest absolute Gasteiger partial charge is 0.508 e. The predicted molar refractivity (Wildman–Crippen MR) is 122 cm³/mol. The van der Waals surface area contributed by atoms with Crippen LogP contribution in [0.3, 0.4) is 0 Å². The van der Waals surface area contributed by atoms with E-state index in [2.05, 4.69) is 26.0 Å². The molecule has 1 amide bonds. The van der Waals surface area contributed by atoms with Gasteiger partial charge in [0.05, 0.1) is 6.61 Å². The summed E-state index contributed by atoms with van der Waals surface area (Å²) in [5.41, 5.74) is 2.56. The predicted octanol–water partition coefficient (Wildman–Crippen LogP) is 5.44. The van der Waals surface area contributed by atoms with E-state index in [4.69, 9.17) is 9.47 Å². The van der Waals surface area contributed by atoms with Crippen molar-refractivity contribution >= 4 is 5.91 Å². The molecule has 3 unspecified atom stereocenters. The average molecular weight is 426 g/mol. The lowest BCUT2D eigenvalue weighted by Gasteiger charge is -2.22. The van der Waals surface area contributed by atoms with Gasteiger partial charge in [0, 0.05) is 19.5 Å². The molecule has 2 aromatic rings. The lowest BCUT2D eigenvalue weighted by atomic mass is 9.84. The van der Waals surface area contributed by atoms with Crippen LogP contribution in [0.25, 0.3) is 0 Å². The number of carbonyl (C=O) groups is 1. The van der Waals surface area contributed by atoms with Gasteiger partial charge in [0.2, 0.25) is 5.91 Å². The van der Waals surface area contributed by atoms with Crippen molar-refractivity contribution in [1.82, 2.24) is 4.90 Å². The standard InChI is InChI=1S/C26H35NO4/c1-4-21(18-19(2)22-7-11-24(28)12-8-22)23-9-13-25(14-10-23)31-20(3)30-17-16-27-15-5-6-26(27)29/h7-14,19-21,28H,4-6,15-18H2,1-3H3. The lowest BCUT2D eigenvalue weighted by molar-refractivity contribution is -0.130. The second kappa shape index (κ2) is 11.2. The van der Waals surface area contributed by atoms with Gasteiger partial charge < -0.3 is 19.5 Å². The van der Waals surface area contributed by atoms with E-state index in [1.54, 1.807) is 12.1 Å². The van der Waals surface area contributed by atoms with Crippen LogP contribution in [0.5, 0.6) is 11.5 Å². The number of hydrogen-bond acceptors (Lipinski definition) is 4. The molecular weight excluding hydrogens is 390 g/mol. The van der Waals surface area contributed by atoms with Crippen LogP contribution >= 0.6 is 0 Å². The Hall–Kier alpha value is -2.53. The molecule has 1 saturated heterocycles. The van der Waals surface area contributed by atoms with E-state index < -0.39 is 0 Å². The molecule has 31 heavy (non-hydrogen) atoms. The Kier molecular flexibility index (Phi) is 8.35. The van der Waals surface area contributed by atoms with Gasteiger partial charge in [0.25, 0.3) is 0 Å². The van der Waals surface area contributed by atoms with Crippen molar-refractivity contribution < 1.29 is 19.4 Å². The van der Waals surface area contributed by atoms with Crippen LogP contribution in [-0.4, -0.2) is 41.9 Å². The van der Waals surface area contributed by atoms with E-state index in [0.29, 0.717) is 37.2 Å². The molecule has 0 saturated carbocycles. The number of amides is 1. The summed E-state index contributed by atoms with van der Waals surface area (Å²) in [7, 11) is 0. The molecule has 1 aliphatic heterocycles. The Bertz CT molecular complexity index is 818. The summed E-state index contributed by atoms with van der Waals surface area (Å²) in [6.45, 7) is 8.29. The number of hydrogen-bond donors (Lipinski definition) is 1. The zero-order chi connectivity index (χ0) is 22.2. The van der Waals surface area contributed by atoms with E-state index >= 15 is 0 Å². The van der Waals surface area contributed by atoms with Crippen molar-refractivity contribution in [3.8, 4) is 11.5 Å². The lowest BCUT2D eigenvalue weighted by Crippen LogP contribution is -2.30. The third kappa shape index (κ3) is 6.73. The van der Waals surface area contributed by atoms with E-state index in [9.17, 15) is 9.90 Å². The number of aromatic hydroxyl groups is 1. The minimum absolute atomic E-state index is 0.220. The van der Waals surface area contributed by atoms with E-state index in [1.165, 1.54) is 11.1 Å². The highest BCUT2D eigenvalue weighted by Crippen LogP contribution is 2.33. The third-order valence-electron chi connectivity index (χ3n) is 6.13. The van der Waals surface area contributed by atoms with Crippen LogP contribution in [-0.2, 0) is 9.53 Å². The summed E-state index contributed by atoms with van der Waals surface area (Å²) in [6.07, 6.45) is 3.36. The van der Waals surface area contributed by atoms with Crippen LogP contribution in [0.1, 0.15) is 69.4 Å². The van der Waals surface area contributed by atoms with Crippen molar-refractivity contribution in [2.24, 2.45) is 0 Å². The average Bonchev–Trinajstić information content (AvgIpc) is 3.17. The van der Waals surface area contributed by atoms with Gasteiger partial charge in [-0.2, -0.15) is 0 Å². The number of nitrogens with zero attached hydrogens (tertiary/aromatic N) is 1. The maximum atomic E-state index is 11.6. The molecule has 1 aliphatic rings. The second-order valence-corrected chi connectivity index (χ2v) is 8.44. The quantitative estimate of drug-likeness (QED) is 0.487. The molecule has 0 aliphatic carbocycles. The summed E-state index contributed by atoms with van der Waals surface area (Å²) in [5.74, 6) is 2.19. The highest BCUT2D eigenvalue weighted by atomic mass is 16.7. The Morgan fingerprint density at radius 3 is 2.32 bits per heavy atom. The number of carbonyl (C=O) groups excluding carboxylic acids is 1. The highest BCUT2D eigenvalue weighted by Gasteiger charge is 2.20. The second-order valence-electron chi connectivity index (χ2n) is 8.44. The zero-order valence-electron chi connectivity index (χ0n) is 18.9. The molecule has 0 aromatic heterocycles. The molecule has 5 heteroatoms. The topological polar surface area (TPSA) is 59.0 Å². The number of phenols is 1. The Morgan fingerprint density at radius 1 is 1.03 bits per heavy atom. The van der Waals surface area contributed by atoms with Gasteiger partial charge >= 0.3 is 0 Å². The molecule has 2 aromatic carbocycles. The molecule has 5 nitrogen and oxygen atoms in total. The van der Waals surface area contributed by atoms with Crippen LogP contribution < -0.4 is 4.74 Å². The van der Waals surface area contributed by atoms with Crippen molar-refractivity contribution in [2.45, 2.75) is 64.6 Å². The molecule has 0 bridgehead atoms. The first-order valence-electron chi connectivity index (χ1n) is 11.4. The van der Waals surface area contributed by atoms with Crippen LogP contribution in [0, 0.1) is 0 Å². The fourth-order valence-corrected chi connectivity index (χ4v) is 4.22. The van der Waals surface area contributed by atoms with E-state index in [1.807, 2.05) is 36.1 Å². The first-order valence-corrected chi connectivity index (χ1v) is 11.4. The smallest absolute Gasteiger partial charge is 0.222 e. The van der Waals surface area contributed by atoms with Gasteiger partial charge in [-0.3, -0.25) is 4.79 Å². The summed E-state index contributed by atoms with van der Waals surface area (Å²) >= 11 is 0. The summed E-state index contributed by atoms with van der Waals surface area (Å²) in [5, 5.41) is 9.50. The van der Waals surface area contributed by atoms with E-state index in [0.717, 1.165) is 31.6 Å². The summed E-state index contributed by atoms with van der Waals surface area (Å²) < 4.78 is 11.6. The monoisotopic (exact) mass is 425 g/mol. The van der Waals surface area contributed by atoms with Gasteiger partial charge in [0.1, 0.15) is 11.5 Å². The number of likely N-dealkylation sites (tertiary alicyclic amines) is 1. The molecule has 3 atom stereocenters. The fourth-order valence-electron chi connectivity index (χ4n) is 4.22. The van der Waals surface area contributed by atoms with Crippen molar-refractivity contribution in [3.63, 3.8) is 0 Å². The van der Waals surface area contributed by atoms with Gasteiger partial charge in [-0.05, 0) is 73.4 Å². The molecule has 1 N–H and O–H groups in total. The Balaban J connectivity index is 1.48. The maximum Gasteiger partial charge on any atom is 0.222 e. The molecule has 168 valence electrons. The Labute approximate surface area is 186 Å². The molecule has 0 spiro atoms. The summed E-state index contributed by atoms with van der Waals surface area (Å²) in [6, 6.07) is 15.8. The van der Waals surface area contributed by atoms with Gasteiger partial charge in [-0.25, -0.2) is 0 Å². The Morgan fingerprint density at radius 2 is 1.71 bits per heavy atom. The number of benzene rings is 2. The number of phenolic OH excluding ortho intramolecular Hbond substituents is 1. The summed E-state index contributed by atoms with van der Waals surface area (Å²) in [4.78, 5) is 13.5. The van der Waals surface area contributed by atoms with Crippen LogP contribution in [0.2, 0.25) is 0 Å². The number of rotatable bonds is 11. The fraction of sp³-hybridized carbons (Fsp3) is 0.500. The van der Waals surface area contributed by atoms with Crippen molar-refractivity contribution in [2.75, 3.05) is 19.7 Å². The first kappa shape index (κ1) is 23.1. The van der Waals surface area contributed by atoms with E-state index in [-0.39, 0.29) is 12.2 Å². The first-order chi connectivity index (χ1) is 15.0. The van der Waals surface area contributed by atoms with Gasteiger partial charge in [0.15, 0.2) is 6.29 Å². The molecule has 3 rings (SSSR count). The molecular formula is C26H35NO4. The highest BCUT2D eigenvalue weighted by molar-refractivity contribution is 5.78. The SMILES string of the molecule is CCC(CC(C)c1ccc(O)cc1)c1ccc(OC(C)OCCN2CCCC2=O)cc1. The third-order valence-corrected chi connectivity index (χ3v) is 6.13. The minimum atomic E-state index is -0.361. The maximum absolute atomic E-state index is 11.6. The molecule has 1 heterocycles. The minimum Gasteiger partial charge on any atom is -0.508 e. The zero-order valence-corrected chi connectivity index (χ0v) is 18.9. The van der Waals surface area contributed by atoms with Crippen LogP contribution in [0.4, 0.5) is 0 Å². The normalized spacial score (nSPS) is 16.9. The van der Waals surface area contributed by atoms with Crippen molar-refractivity contribution in [3.05, 3.63) is 59.7 Å². The molecule has 0 radical (unpaired) electrons. The molecule has 1 fully saturated rings. The number of ether oxygens (including phenoxy) is 2. The van der Waals surface area contributed by atoms with Crippen LogP contribution in [0.15, 0.2) is 48.5 Å². The van der Waals surface area contributed by atoms with Gasteiger partial charge in [-0.1, -0.05) is 38.1 Å². The van der Waals surface area contributed by atoms with Crippen molar-refractivity contribution in [1.29, 1.82) is 0 Å². The van der Waals surface area contributed by atoms with Gasteiger partial charge in [-0.15, -0.1) is 0 Å².